The zero-order chi connectivity index (χ0) is 11.5. The third kappa shape index (κ3) is 4.52. The molecule has 2 atom stereocenters. The van der Waals surface area contributed by atoms with E-state index in [4.69, 9.17) is 4.74 Å². The third-order valence-electron chi connectivity index (χ3n) is 3.45. The highest BCUT2D eigenvalue weighted by Crippen LogP contribution is 2.36. The molecule has 1 aliphatic rings. The van der Waals surface area contributed by atoms with Crippen LogP contribution in [-0.4, -0.2) is 23.9 Å². The average Bonchev–Trinajstić information content (AvgIpc) is 2.14. The Morgan fingerprint density at radius 1 is 1.40 bits per heavy atom. The Balaban J connectivity index is 2.43. The van der Waals surface area contributed by atoms with E-state index in [1.807, 2.05) is 0 Å². The Kier molecular flexibility index (Phi) is 4.19. The summed E-state index contributed by atoms with van der Waals surface area (Å²) in [6.07, 6.45) is 6.23. The number of rotatable bonds is 3. The Hall–Kier alpha value is -0.0800. The first-order valence-electron chi connectivity index (χ1n) is 6.10. The van der Waals surface area contributed by atoms with Crippen molar-refractivity contribution in [2.75, 3.05) is 7.11 Å². The minimum atomic E-state index is -0.466. The predicted octanol–water partition coefficient (Wildman–Crippen LogP) is 3.13. The van der Waals surface area contributed by atoms with Gasteiger partial charge in [0.15, 0.2) is 0 Å². The van der Waals surface area contributed by atoms with E-state index in [-0.39, 0.29) is 6.10 Å². The second-order valence-electron chi connectivity index (χ2n) is 6.24. The molecule has 2 unspecified atom stereocenters. The van der Waals surface area contributed by atoms with Crippen molar-refractivity contribution in [3.05, 3.63) is 0 Å². The van der Waals surface area contributed by atoms with Gasteiger partial charge in [-0.15, -0.1) is 0 Å². The lowest BCUT2D eigenvalue weighted by Gasteiger charge is -2.37. The van der Waals surface area contributed by atoms with Crippen LogP contribution in [0.1, 0.15) is 59.3 Å². The van der Waals surface area contributed by atoms with Crippen LogP contribution in [0.3, 0.4) is 0 Å². The van der Waals surface area contributed by atoms with E-state index < -0.39 is 5.60 Å². The van der Waals surface area contributed by atoms with Gasteiger partial charge in [-0.25, -0.2) is 0 Å². The van der Waals surface area contributed by atoms with Crippen LogP contribution in [0, 0.1) is 5.41 Å². The molecule has 1 rings (SSSR count). The molecule has 2 heteroatoms. The number of hydrogen-bond donors (Lipinski definition) is 1. The number of ether oxygens (including phenoxy) is 1. The lowest BCUT2D eigenvalue weighted by Crippen LogP contribution is -2.38. The minimum absolute atomic E-state index is 0.267. The Morgan fingerprint density at radius 3 is 2.60 bits per heavy atom. The zero-order valence-corrected chi connectivity index (χ0v) is 10.7. The standard InChI is InChI=1S/C13H26O2/c1-12(2,3)8-9-13(14)7-5-6-11(10-13)15-4/h11,14H,5-10H2,1-4H3. The van der Waals surface area contributed by atoms with Crippen molar-refractivity contribution < 1.29 is 9.84 Å². The largest absolute Gasteiger partial charge is 0.390 e. The summed E-state index contributed by atoms with van der Waals surface area (Å²) in [5, 5.41) is 10.5. The fourth-order valence-corrected chi connectivity index (χ4v) is 2.32. The summed E-state index contributed by atoms with van der Waals surface area (Å²) in [6, 6.07) is 0. The van der Waals surface area contributed by atoms with E-state index in [0.717, 1.165) is 38.5 Å². The highest BCUT2D eigenvalue weighted by molar-refractivity contribution is 4.87. The fraction of sp³-hybridized carbons (Fsp3) is 1.00. The summed E-state index contributed by atoms with van der Waals surface area (Å²) in [4.78, 5) is 0. The molecule has 0 spiro atoms. The zero-order valence-electron chi connectivity index (χ0n) is 10.7. The molecular formula is C13H26O2. The van der Waals surface area contributed by atoms with Crippen molar-refractivity contribution in [1.82, 2.24) is 0 Å². The van der Waals surface area contributed by atoms with Gasteiger partial charge in [-0.05, 0) is 37.5 Å². The number of aliphatic hydroxyl groups is 1. The molecule has 0 aromatic rings. The molecule has 0 heterocycles. The Labute approximate surface area is 94.0 Å². The van der Waals surface area contributed by atoms with Gasteiger partial charge >= 0.3 is 0 Å². The maximum Gasteiger partial charge on any atom is 0.0672 e. The lowest BCUT2D eigenvalue weighted by atomic mass is 9.76. The normalized spacial score (nSPS) is 33.0. The van der Waals surface area contributed by atoms with E-state index in [0.29, 0.717) is 5.41 Å². The van der Waals surface area contributed by atoms with Crippen molar-refractivity contribution >= 4 is 0 Å². The molecule has 0 saturated heterocycles. The summed E-state index contributed by atoms with van der Waals surface area (Å²) in [7, 11) is 1.75. The van der Waals surface area contributed by atoms with E-state index >= 15 is 0 Å². The molecule has 0 aliphatic heterocycles. The van der Waals surface area contributed by atoms with Crippen molar-refractivity contribution in [2.45, 2.75) is 71.0 Å². The van der Waals surface area contributed by atoms with Crippen LogP contribution in [0.4, 0.5) is 0 Å². The van der Waals surface area contributed by atoms with Gasteiger partial charge in [0.2, 0.25) is 0 Å². The Bertz CT molecular complexity index is 195. The summed E-state index contributed by atoms with van der Waals surface area (Å²) in [5.41, 5.74) is -0.151. The van der Waals surface area contributed by atoms with Crippen LogP contribution in [0.2, 0.25) is 0 Å². The molecule has 90 valence electrons. The highest BCUT2D eigenvalue weighted by Gasteiger charge is 2.34. The van der Waals surface area contributed by atoms with Gasteiger partial charge in [-0.2, -0.15) is 0 Å². The molecule has 2 nitrogen and oxygen atoms in total. The first-order valence-corrected chi connectivity index (χ1v) is 6.10. The average molecular weight is 214 g/mol. The molecule has 1 fully saturated rings. The number of methoxy groups -OCH3 is 1. The third-order valence-corrected chi connectivity index (χ3v) is 3.45. The van der Waals surface area contributed by atoms with Crippen molar-refractivity contribution in [2.24, 2.45) is 5.41 Å². The summed E-state index contributed by atoms with van der Waals surface area (Å²) >= 11 is 0. The van der Waals surface area contributed by atoms with Gasteiger partial charge in [0, 0.05) is 13.5 Å². The van der Waals surface area contributed by atoms with Crippen LogP contribution in [0.5, 0.6) is 0 Å². The molecule has 0 bridgehead atoms. The van der Waals surface area contributed by atoms with E-state index in [1.54, 1.807) is 7.11 Å². The van der Waals surface area contributed by atoms with E-state index in [2.05, 4.69) is 20.8 Å². The second-order valence-corrected chi connectivity index (χ2v) is 6.24. The molecular weight excluding hydrogens is 188 g/mol. The van der Waals surface area contributed by atoms with E-state index in [1.165, 1.54) is 0 Å². The maximum absolute atomic E-state index is 10.5. The molecule has 0 amide bonds. The van der Waals surface area contributed by atoms with Gasteiger partial charge in [-0.3, -0.25) is 0 Å². The van der Waals surface area contributed by atoms with Crippen LogP contribution in [0.15, 0.2) is 0 Å². The quantitative estimate of drug-likeness (QED) is 0.782. The first-order chi connectivity index (χ1) is 6.85. The molecule has 0 aromatic heterocycles. The lowest BCUT2D eigenvalue weighted by molar-refractivity contribution is -0.0679. The first kappa shape index (κ1) is 13.0. The topological polar surface area (TPSA) is 29.5 Å². The van der Waals surface area contributed by atoms with Crippen LogP contribution >= 0.6 is 0 Å². The van der Waals surface area contributed by atoms with Crippen molar-refractivity contribution in [1.29, 1.82) is 0 Å². The minimum Gasteiger partial charge on any atom is -0.390 e. The van der Waals surface area contributed by atoms with Crippen LogP contribution in [-0.2, 0) is 4.74 Å². The summed E-state index contributed by atoms with van der Waals surface area (Å²) in [6.45, 7) is 6.69. The molecule has 15 heavy (non-hydrogen) atoms. The molecule has 1 N–H and O–H groups in total. The summed E-state index contributed by atoms with van der Waals surface area (Å²) < 4.78 is 5.36. The SMILES string of the molecule is COC1CCCC(O)(CCC(C)(C)C)C1. The van der Waals surface area contributed by atoms with Gasteiger partial charge in [0.05, 0.1) is 11.7 Å². The van der Waals surface area contributed by atoms with Gasteiger partial charge < -0.3 is 9.84 Å². The van der Waals surface area contributed by atoms with Crippen molar-refractivity contribution in [3.8, 4) is 0 Å². The summed E-state index contributed by atoms with van der Waals surface area (Å²) in [5.74, 6) is 0. The van der Waals surface area contributed by atoms with Crippen molar-refractivity contribution in [3.63, 3.8) is 0 Å². The van der Waals surface area contributed by atoms with Gasteiger partial charge in [-0.1, -0.05) is 20.8 Å². The molecule has 0 radical (unpaired) electrons. The van der Waals surface area contributed by atoms with E-state index in [9.17, 15) is 5.11 Å². The monoisotopic (exact) mass is 214 g/mol. The van der Waals surface area contributed by atoms with Gasteiger partial charge in [0.25, 0.3) is 0 Å². The number of hydrogen-bond acceptors (Lipinski definition) is 2. The smallest absolute Gasteiger partial charge is 0.0672 e. The predicted molar refractivity (Wildman–Crippen MR) is 62.9 cm³/mol. The second kappa shape index (κ2) is 4.84. The van der Waals surface area contributed by atoms with Crippen LogP contribution < -0.4 is 0 Å². The molecule has 0 aromatic carbocycles. The highest BCUT2D eigenvalue weighted by atomic mass is 16.5. The fourth-order valence-electron chi connectivity index (χ4n) is 2.32. The van der Waals surface area contributed by atoms with Crippen LogP contribution in [0.25, 0.3) is 0 Å². The maximum atomic E-state index is 10.5. The molecule has 1 aliphatic carbocycles. The van der Waals surface area contributed by atoms with Gasteiger partial charge in [0.1, 0.15) is 0 Å². The molecule has 1 saturated carbocycles. The Morgan fingerprint density at radius 2 is 2.07 bits per heavy atom.